The van der Waals surface area contributed by atoms with Gasteiger partial charge in [-0.2, -0.15) is 0 Å². The summed E-state index contributed by atoms with van der Waals surface area (Å²) in [7, 11) is 0. The highest BCUT2D eigenvalue weighted by atomic mass is 32.2. The molecule has 116 valence electrons. The van der Waals surface area contributed by atoms with Crippen LogP contribution in [-0.2, 0) is 0 Å². The molecule has 0 amide bonds. The quantitative estimate of drug-likeness (QED) is 0.460. The number of hydrogen-bond acceptors (Lipinski definition) is 4. The molecule has 23 heavy (non-hydrogen) atoms. The molecule has 0 saturated carbocycles. The molecule has 0 aliphatic heterocycles. The Morgan fingerprint density at radius 1 is 1.00 bits per heavy atom. The van der Waals surface area contributed by atoms with Crippen molar-refractivity contribution in [2.75, 3.05) is 5.75 Å². The fraction of sp³-hybridized carbons (Fsp3) is 0.158. The normalized spacial score (nSPS) is 10.7. The Kier molecular flexibility index (Phi) is 4.94. The predicted molar refractivity (Wildman–Crippen MR) is 98.5 cm³/mol. The molecule has 0 bridgehead atoms. The van der Waals surface area contributed by atoms with E-state index in [-0.39, 0.29) is 5.78 Å². The van der Waals surface area contributed by atoms with E-state index in [9.17, 15) is 4.79 Å². The predicted octanol–water partition coefficient (Wildman–Crippen LogP) is 5.40. The van der Waals surface area contributed by atoms with Gasteiger partial charge in [0.2, 0.25) is 0 Å². The summed E-state index contributed by atoms with van der Waals surface area (Å²) >= 11 is 3.09. The number of ketones is 1. The van der Waals surface area contributed by atoms with E-state index >= 15 is 0 Å². The van der Waals surface area contributed by atoms with Crippen LogP contribution in [0, 0.1) is 13.8 Å². The van der Waals surface area contributed by atoms with Crippen molar-refractivity contribution in [3.05, 3.63) is 70.6 Å². The number of benzene rings is 2. The second-order valence-corrected chi connectivity index (χ2v) is 7.52. The molecule has 1 aromatic heterocycles. The fourth-order valence-electron chi connectivity index (χ4n) is 2.13. The lowest BCUT2D eigenvalue weighted by Gasteiger charge is -2.00. The van der Waals surface area contributed by atoms with Gasteiger partial charge in [0, 0.05) is 16.5 Å². The Hall–Kier alpha value is -1.91. The third kappa shape index (κ3) is 4.09. The highest BCUT2D eigenvalue weighted by molar-refractivity contribution is 8.01. The minimum atomic E-state index is 0.141. The van der Waals surface area contributed by atoms with Crippen LogP contribution in [0.1, 0.15) is 21.5 Å². The summed E-state index contributed by atoms with van der Waals surface area (Å²) in [5, 5.41) is 2.04. The molecule has 0 spiro atoms. The largest absolute Gasteiger partial charge is 0.293 e. The van der Waals surface area contributed by atoms with Crippen LogP contribution >= 0.6 is 23.1 Å². The summed E-state index contributed by atoms with van der Waals surface area (Å²) in [5.41, 5.74) is 5.25. The minimum Gasteiger partial charge on any atom is -0.293 e. The number of Topliss-reactive ketones (excluding diaryl/α,β-unsaturated/α-hetero) is 1. The van der Waals surface area contributed by atoms with Gasteiger partial charge in [-0.25, -0.2) is 4.98 Å². The molecule has 0 N–H and O–H groups in total. The van der Waals surface area contributed by atoms with E-state index < -0.39 is 0 Å². The highest BCUT2D eigenvalue weighted by Crippen LogP contribution is 2.28. The van der Waals surface area contributed by atoms with Gasteiger partial charge in [-0.15, -0.1) is 11.3 Å². The van der Waals surface area contributed by atoms with Gasteiger partial charge in [0.1, 0.15) is 0 Å². The van der Waals surface area contributed by atoms with E-state index in [0.717, 1.165) is 26.7 Å². The van der Waals surface area contributed by atoms with Crippen LogP contribution in [0.3, 0.4) is 0 Å². The Balaban J connectivity index is 1.64. The third-order valence-electron chi connectivity index (χ3n) is 3.53. The van der Waals surface area contributed by atoms with Crippen LogP contribution in [0.2, 0.25) is 0 Å². The molecule has 0 radical (unpaired) electrons. The SMILES string of the molecule is Cc1ccc(C(=O)CSc2nc(-c3ccc(C)cc3)cs2)cc1. The van der Waals surface area contributed by atoms with E-state index in [1.807, 2.05) is 36.6 Å². The van der Waals surface area contributed by atoms with Crippen LogP contribution in [0.5, 0.6) is 0 Å². The van der Waals surface area contributed by atoms with E-state index in [4.69, 9.17) is 0 Å². The van der Waals surface area contributed by atoms with Gasteiger partial charge < -0.3 is 0 Å². The van der Waals surface area contributed by atoms with Crippen LogP contribution in [0.4, 0.5) is 0 Å². The van der Waals surface area contributed by atoms with Crippen molar-refractivity contribution in [1.29, 1.82) is 0 Å². The van der Waals surface area contributed by atoms with Crippen LogP contribution in [0.25, 0.3) is 11.3 Å². The van der Waals surface area contributed by atoms with Crippen molar-refractivity contribution in [2.24, 2.45) is 0 Å². The molecule has 4 heteroatoms. The zero-order valence-electron chi connectivity index (χ0n) is 13.1. The van der Waals surface area contributed by atoms with Crippen LogP contribution in [-0.4, -0.2) is 16.5 Å². The topological polar surface area (TPSA) is 30.0 Å². The Morgan fingerprint density at radius 2 is 1.61 bits per heavy atom. The summed E-state index contributed by atoms with van der Waals surface area (Å²) in [6.45, 7) is 4.09. The van der Waals surface area contributed by atoms with Crippen molar-refractivity contribution in [2.45, 2.75) is 18.2 Å². The monoisotopic (exact) mass is 339 g/mol. The van der Waals surface area contributed by atoms with Gasteiger partial charge in [-0.1, -0.05) is 71.4 Å². The van der Waals surface area contributed by atoms with Gasteiger partial charge in [0.25, 0.3) is 0 Å². The number of carbonyl (C=O) groups is 1. The maximum Gasteiger partial charge on any atom is 0.173 e. The first-order valence-electron chi connectivity index (χ1n) is 7.37. The fourth-order valence-corrected chi connectivity index (χ4v) is 3.86. The van der Waals surface area contributed by atoms with Gasteiger partial charge in [0.05, 0.1) is 11.4 Å². The lowest BCUT2D eigenvalue weighted by atomic mass is 10.1. The van der Waals surface area contributed by atoms with E-state index in [1.54, 1.807) is 11.3 Å². The number of thiazole rings is 1. The molecule has 0 unspecified atom stereocenters. The molecular weight excluding hydrogens is 322 g/mol. The van der Waals surface area contributed by atoms with E-state index in [0.29, 0.717) is 5.75 Å². The number of thioether (sulfide) groups is 1. The average molecular weight is 339 g/mol. The second kappa shape index (κ2) is 7.11. The molecule has 3 rings (SSSR count). The standard InChI is InChI=1S/C19H17NOS2/c1-13-3-7-15(8-4-13)17-11-22-19(20-17)23-12-18(21)16-9-5-14(2)6-10-16/h3-11H,12H2,1-2H3. The highest BCUT2D eigenvalue weighted by Gasteiger charge is 2.09. The van der Waals surface area contributed by atoms with Crippen molar-refractivity contribution in [3.8, 4) is 11.3 Å². The molecule has 0 aliphatic carbocycles. The lowest BCUT2D eigenvalue weighted by Crippen LogP contribution is -2.01. The first kappa shape index (κ1) is 16.0. The summed E-state index contributed by atoms with van der Waals surface area (Å²) in [5.74, 6) is 0.561. The molecule has 0 aliphatic rings. The smallest absolute Gasteiger partial charge is 0.173 e. The Labute approximate surface area is 144 Å². The third-order valence-corrected chi connectivity index (χ3v) is 5.55. The summed E-state index contributed by atoms with van der Waals surface area (Å²) in [4.78, 5) is 16.8. The van der Waals surface area contributed by atoms with Gasteiger partial charge in [-0.3, -0.25) is 4.79 Å². The average Bonchev–Trinajstić information content (AvgIpc) is 3.03. The molecular formula is C19H17NOS2. The van der Waals surface area contributed by atoms with Crippen molar-refractivity contribution >= 4 is 28.9 Å². The summed E-state index contributed by atoms with van der Waals surface area (Å²) in [6, 6.07) is 16.0. The van der Waals surface area contributed by atoms with Crippen molar-refractivity contribution in [3.63, 3.8) is 0 Å². The van der Waals surface area contributed by atoms with Gasteiger partial charge in [0.15, 0.2) is 10.1 Å². The molecule has 1 heterocycles. The number of carbonyl (C=O) groups excluding carboxylic acids is 1. The van der Waals surface area contributed by atoms with Gasteiger partial charge in [-0.05, 0) is 13.8 Å². The Bertz CT molecular complexity index is 804. The van der Waals surface area contributed by atoms with Crippen LogP contribution < -0.4 is 0 Å². The Morgan fingerprint density at radius 3 is 2.26 bits per heavy atom. The molecule has 0 atom stereocenters. The maximum absolute atomic E-state index is 12.2. The maximum atomic E-state index is 12.2. The molecule has 0 saturated heterocycles. The van der Waals surface area contributed by atoms with Crippen LogP contribution in [0.15, 0.2) is 58.3 Å². The second-order valence-electron chi connectivity index (χ2n) is 5.44. The number of hydrogen-bond donors (Lipinski definition) is 0. The molecule has 0 fully saturated rings. The molecule has 2 aromatic carbocycles. The summed E-state index contributed by atoms with van der Waals surface area (Å²) < 4.78 is 0.932. The molecule has 3 aromatic rings. The van der Waals surface area contributed by atoms with Gasteiger partial charge >= 0.3 is 0 Å². The number of aromatic nitrogens is 1. The number of rotatable bonds is 5. The van der Waals surface area contributed by atoms with E-state index in [2.05, 4.69) is 36.2 Å². The molecule has 2 nitrogen and oxygen atoms in total. The minimum absolute atomic E-state index is 0.141. The number of nitrogens with zero attached hydrogens (tertiary/aromatic N) is 1. The summed E-state index contributed by atoms with van der Waals surface area (Å²) in [6.07, 6.45) is 0. The zero-order chi connectivity index (χ0) is 16.2. The first-order chi connectivity index (χ1) is 11.1. The van der Waals surface area contributed by atoms with Crippen molar-refractivity contribution < 1.29 is 4.79 Å². The number of aryl methyl sites for hydroxylation is 2. The zero-order valence-corrected chi connectivity index (χ0v) is 14.7. The van der Waals surface area contributed by atoms with E-state index in [1.165, 1.54) is 17.3 Å². The van der Waals surface area contributed by atoms with Crippen molar-refractivity contribution in [1.82, 2.24) is 4.98 Å². The lowest BCUT2D eigenvalue weighted by molar-refractivity contribution is 0.102. The first-order valence-corrected chi connectivity index (χ1v) is 9.23.